The normalized spacial score (nSPS) is 15.3. The molecule has 0 aliphatic heterocycles. The molecule has 0 aromatic heterocycles. The highest BCUT2D eigenvalue weighted by molar-refractivity contribution is 9.10. The van der Waals surface area contributed by atoms with Gasteiger partial charge in [-0.1, -0.05) is 41.4 Å². The van der Waals surface area contributed by atoms with Crippen LogP contribution in [-0.4, -0.2) is 30.3 Å². The van der Waals surface area contributed by atoms with Crippen molar-refractivity contribution >= 4 is 21.7 Å². The van der Waals surface area contributed by atoms with Crippen LogP contribution < -0.4 is 0 Å². The Bertz CT molecular complexity index is 425. The van der Waals surface area contributed by atoms with E-state index >= 15 is 0 Å². The van der Waals surface area contributed by atoms with Gasteiger partial charge in [0, 0.05) is 23.0 Å². The number of hydrogen-bond donors (Lipinski definition) is 0. The number of benzene rings is 1. The molecule has 0 atom stereocenters. The van der Waals surface area contributed by atoms with Crippen molar-refractivity contribution in [2.24, 2.45) is 5.92 Å². The molecule has 1 saturated carbocycles. The number of Topliss-reactive ketones (excluding diaryl/α,β-unsaturated/α-hetero) is 1. The maximum absolute atomic E-state index is 12.1. The standard InChI is InChI=1S/C17H24BrNO/c1-2-19(13-14-5-3-6-14)12-4-7-17(20)15-8-10-16(18)11-9-15/h8-11,14H,2-7,12-13H2,1H3. The van der Waals surface area contributed by atoms with Crippen LogP contribution >= 0.6 is 15.9 Å². The Kier molecular flexibility index (Phi) is 6.24. The van der Waals surface area contributed by atoms with E-state index < -0.39 is 0 Å². The highest BCUT2D eigenvalue weighted by Gasteiger charge is 2.19. The van der Waals surface area contributed by atoms with Crippen molar-refractivity contribution in [3.63, 3.8) is 0 Å². The van der Waals surface area contributed by atoms with Crippen molar-refractivity contribution in [1.82, 2.24) is 4.90 Å². The lowest BCUT2D eigenvalue weighted by Crippen LogP contribution is -2.33. The Morgan fingerprint density at radius 2 is 2.00 bits per heavy atom. The zero-order valence-electron chi connectivity index (χ0n) is 12.3. The van der Waals surface area contributed by atoms with Gasteiger partial charge < -0.3 is 4.90 Å². The summed E-state index contributed by atoms with van der Waals surface area (Å²) in [6, 6.07) is 7.67. The summed E-state index contributed by atoms with van der Waals surface area (Å²) in [5, 5.41) is 0. The number of carbonyl (C=O) groups is 1. The van der Waals surface area contributed by atoms with Crippen LogP contribution in [-0.2, 0) is 0 Å². The zero-order valence-corrected chi connectivity index (χ0v) is 13.9. The number of rotatable bonds is 8. The third kappa shape index (κ3) is 4.71. The molecule has 1 aromatic rings. The fraction of sp³-hybridized carbons (Fsp3) is 0.588. The molecule has 2 nitrogen and oxygen atoms in total. The van der Waals surface area contributed by atoms with E-state index in [0.29, 0.717) is 6.42 Å². The van der Waals surface area contributed by atoms with E-state index in [4.69, 9.17) is 0 Å². The van der Waals surface area contributed by atoms with E-state index in [0.717, 1.165) is 35.5 Å². The molecule has 0 unspecified atom stereocenters. The lowest BCUT2D eigenvalue weighted by Gasteiger charge is -2.31. The van der Waals surface area contributed by atoms with Crippen LogP contribution in [0.5, 0.6) is 0 Å². The van der Waals surface area contributed by atoms with Gasteiger partial charge in [-0.25, -0.2) is 0 Å². The Hall–Kier alpha value is -0.670. The first-order valence-electron chi connectivity index (χ1n) is 7.70. The van der Waals surface area contributed by atoms with Crippen LogP contribution in [0, 0.1) is 5.92 Å². The monoisotopic (exact) mass is 337 g/mol. The molecular weight excluding hydrogens is 314 g/mol. The number of ketones is 1. The average Bonchev–Trinajstić information content (AvgIpc) is 2.41. The summed E-state index contributed by atoms with van der Waals surface area (Å²) >= 11 is 3.39. The molecule has 0 amide bonds. The molecule has 1 fully saturated rings. The largest absolute Gasteiger partial charge is 0.303 e. The van der Waals surface area contributed by atoms with Crippen LogP contribution in [0.2, 0.25) is 0 Å². The molecule has 0 saturated heterocycles. The molecule has 1 aliphatic rings. The fourth-order valence-corrected chi connectivity index (χ4v) is 2.93. The molecule has 1 aromatic carbocycles. The van der Waals surface area contributed by atoms with E-state index in [1.165, 1.54) is 25.8 Å². The lowest BCUT2D eigenvalue weighted by atomic mass is 9.85. The molecular formula is C17H24BrNO. The first kappa shape index (κ1) is 15.7. The van der Waals surface area contributed by atoms with Crippen LogP contribution in [0.25, 0.3) is 0 Å². The summed E-state index contributed by atoms with van der Waals surface area (Å²) in [5.74, 6) is 1.18. The number of nitrogens with zero attached hydrogens (tertiary/aromatic N) is 1. The Morgan fingerprint density at radius 3 is 2.55 bits per heavy atom. The van der Waals surface area contributed by atoms with Gasteiger partial charge in [0.2, 0.25) is 0 Å². The number of hydrogen-bond acceptors (Lipinski definition) is 2. The quantitative estimate of drug-likeness (QED) is 0.649. The van der Waals surface area contributed by atoms with Crippen molar-refractivity contribution in [2.45, 2.75) is 39.0 Å². The molecule has 110 valence electrons. The van der Waals surface area contributed by atoms with Gasteiger partial charge in [0.05, 0.1) is 0 Å². The van der Waals surface area contributed by atoms with Gasteiger partial charge in [0.15, 0.2) is 5.78 Å². The van der Waals surface area contributed by atoms with Gasteiger partial charge in [-0.2, -0.15) is 0 Å². The molecule has 0 N–H and O–H groups in total. The SMILES string of the molecule is CCN(CCCC(=O)c1ccc(Br)cc1)CC1CCC1. The van der Waals surface area contributed by atoms with Crippen molar-refractivity contribution < 1.29 is 4.79 Å². The minimum absolute atomic E-state index is 0.261. The van der Waals surface area contributed by atoms with Gasteiger partial charge >= 0.3 is 0 Å². The van der Waals surface area contributed by atoms with E-state index in [2.05, 4.69) is 27.8 Å². The number of carbonyl (C=O) groups excluding carboxylic acids is 1. The first-order valence-corrected chi connectivity index (χ1v) is 8.49. The van der Waals surface area contributed by atoms with Crippen molar-refractivity contribution in [3.05, 3.63) is 34.3 Å². The van der Waals surface area contributed by atoms with Crippen LogP contribution in [0.1, 0.15) is 49.4 Å². The third-order valence-corrected chi connectivity index (χ3v) is 4.76. The van der Waals surface area contributed by atoms with Crippen LogP contribution in [0.3, 0.4) is 0 Å². The summed E-state index contributed by atoms with van der Waals surface area (Å²) in [4.78, 5) is 14.6. The molecule has 3 heteroatoms. The van der Waals surface area contributed by atoms with Crippen LogP contribution in [0.15, 0.2) is 28.7 Å². The van der Waals surface area contributed by atoms with E-state index in [9.17, 15) is 4.79 Å². The molecule has 0 radical (unpaired) electrons. The second-order valence-corrected chi connectivity index (χ2v) is 6.64. The minimum Gasteiger partial charge on any atom is -0.303 e. The maximum atomic E-state index is 12.1. The van der Waals surface area contributed by atoms with E-state index in [-0.39, 0.29) is 5.78 Å². The van der Waals surface area contributed by atoms with Gasteiger partial charge in [-0.3, -0.25) is 4.79 Å². The lowest BCUT2D eigenvalue weighted by molar-refractivity contribution is 0.0971. The number of halogens is 1. The Labute approximate surface area is 130 Å². The Morgan fingerprint density at radius 1 is 1.30 bits per heavy atom. The first-order chi connectivity index (χ1) is 9.69. The predicted octanol–water partition coefficient (Wildman–Crippen LogP) is 4.53. The average molecular weight is 338 g/mol. The predicted molar refractivity (Wildman–Crippen MR) is 87.2 cm³/mol. The maximum Gasteiger partial charge on any atom is 0.162 e. The summed E-state index contributed by atoms with van der Waals surface area (Å²) < 4.78 is 1.02. The van der Waals surface area contributed by atoms with Gasteiger partial charge in [-0.05, 0) is 50.4 Å². The molecule has 2 rings (SSSR count). The third-order valence-electron chi connectivity index (χ3n) is 4.23. The molecule has 0 spiro atoms. The van der Waals surface area contributed by atoms with Crippen molar-refractivity contribution in [1.29, 1.82) is 0 Å². The second-order valence-electron chi connectivity index (χ2n) is 5.72. The Balaban J connectivity index is 1.70. The summed E-state index contributed by atoms with van der Waals surface area (Å²) in [6.07, 6.45) is 5.82. The summed E-state index contributed by atoms with van der Waals surface area (Å²) in [7, 11) is 0. The van der Waals surface area contributed by atoms with E-state index in [1.807, 2.05) is 24.3 Å². The van der Waals surface area contributed by atoms with Crippen molar-refractivity contribution in [2.75, 3.05) is 19.6 Å². The zero-order chi connectivity index (χ0) is 14.4. The molecule has 20 heavy (non-hydrogen) atoms. The van der Waals surface area contributed by atoms with Crippen LogP contribution in [0.4, 0.5) is 0 Å². The fourth-order valence-electron chi connectivity index (χ4n) is 2.66. The van der Waals surface area contributed by atoms with Gasteiger partial charge in [-0.15, -0.1) is 0 Å². The highest BCUT2D eigenvalue weighted by atomic mass is 79.9. The van der Waals surface area contributed by atoms with E-state index in [1.54, 1.807) is 0 Å². The minimum atomic E-state index is 0.261. The second kappa shape index (κ2) is 7.94. The summed E-state index contributed by atoms with van der Waals surface area (Å²) in [6.45, 7) is 5.59. The highest BCUT2D eigenvalue weighted by Crippen LogP contribution is 2.27. The molecule has 0 heterocycles. The molecule has 0 bridgehead atoms. The molecule has 1 aliphatic carbocycles. The smallest absolute Gasteiger partial charge is 0.162 e. The van der Waals surface area contributed by atoms with Crippen molar-refractivity contribution in [3.8, 4) is 0 Å². The topological polar surface area (TPSA) is 20.3 Å². The summed E-state index contributed by atoms with van der Waals surface area (Å²) in [5.41, 5.74) is 0.829. The van der Waals surface area contributed by atoms with Gasteiger partial charge in [0.1, 0.15) is 0 Å². The van der Waals surface area contributed by atoms with Gasteiger partial charge in [0.25, 0.3) is 0 Å².